The van der Waals surface area contributed by atoms with Crippen molar-refractivity contribution < 1.29 is 0 Å². The number of aryl methyl sites for hydroxylation is 1. The number of halogens is 2. The van der Waals surface area contributed by atoms with Crippen molar-refractivity contribution in [3.8, 4) is 0 Å². The van der Waals surface area contributed by atoms with E-state index in [0.29, 0.717) is 10.0 Å². The van der Waals surface area contributed by atoms with Crippen LogP contribution in [-0.2, 0) is 0 Å². The highest BCUT2D eigenvalue weighted by Crippen LogP contribution is 2.29. The fourth-order valence-electron chi connectivity index (χ4n) is 1.86. The number of hydrogen-bond donors (Lipinski definition) is 1. The second kappa shape index (κ2) is 5.65. The zero-order valence-electron chi connectivity index (χ0n) is 10.1. The van der Waals surface area contributed by atoms with E-state index in [9.17, 15) is 0 Å². The maximum absolute atomic E-state index is 6.20. The molecule has 1 unspecified atom stereocenters. The molecule has 0 aliphatic heterocycles. The molecule has 0 saturated heterocycles. The molecule has 0 spiro atoms. The number of hydrogen-bond acceptors (Lipinski definition) is 3. The van der Waals surface area contributed by atoms with E-state index in [1.54, 1.807) is 18.5 Å². The van der Waals surface area contributed by atoms with Crippen LogP contribution in [0.2, 0.25) is 10.0 Å². The molecule has 2 aromatic heterocycles. The van der Waals surface area contributed by atoms with Crippen molar-refractivity contribution in [3.63, 3.8) is 0 Å². The van der Waals surface area contributed by atoms with E-state index in [2.05, 4.69) is 15.3 Å². The number of pyridine rings is 2. The summed E-state index contributed by atoms with van der Waals surface area (Å²) < 4.78 is 0. The van der Waals surface area contributed by atoms with Gasteiger partial charge in [-0.15, -0.1) is 0 Å². The Morgan fingerprint density at radius 3 is 2.67 bits per heavy atom. The quantitative estimate of drug-likeness (QED) is 0.937. The number of aromatic nitrogens is 2. The average Bonchev–Trinajstić information content (AvgIpc) is 2.34. The molecule has 0 bridgehead atoms. The molecule has 2 rings (SSSR count). The Kier molecular flexibility index (Phi) is 4.17. The molecule has 0 radical (unpaired) electrons. The van der Waals surface area contributed by atoms with Gasteiger partial charge in [-0.2, -0.15) is 0 Å². The second-order valence-corrected chi connectivity index (χ2v) is 4.82. The third-order valence-corrected chi connectivity index (χ3v) is 3.30. The first-order valence-electron chi connectivity index (χ1n) is 5.52. The molecular formula is C13H13Cl2N3. The summed E-state index contributed by atoms with van der Waals surface area (Å²) in [7, 11) is 1.86. The zero-order chi connectivity index (χ0) is 13.1. The van der Waals surface area contributed by atoms with Gasteiger partial charge in [0.1, 0.15) is 0 Å². The van der Waals surface area contributed by atoms with Crippen LogP contribution in [0.4, 0.5) is 0 Å². The minimum Gasteiger partial charge on any atom is -0.308 e. The molecule has 0 aliphatic rings. The Hall–Kier alpha value is -1.16. The van der Waals surface area contributed by atoms with E-state index < -0.39 is 0 Å². The molecule has 0 fully saturated rings. The maximum atomic E-state index is 6.20. The minimum atomic E-state index is -0.0940. The highest BCUT2D eigenvalue weighted by atomic mass is 35.5. The SMILES string of the molecule is CNC(c1cnccc1C)c1ncc(Cl)cc1Cl. The van der Waals surface area contributed by atoms with Crippen LogP contribution in [0.15, 0.2) is 30.7 Å². The van der Waals surface area contributed by atoms with Crippen LogP contribution >= 0.6 is 23.2 Å². The third kappa shape index (κ3) is 2.64. The van der Waals surface area contributed by atoms with Crippen LogP contribution < -0.4 is 5.32 Å². The summed E-state index contributed by atoms with van der Waals surface area (Å²) in [5, 5.41) is 4.28. The van der Waals surface area contributed by atoms with Gasteiger partial charge < -0.3 is 5.32 Å². The molecule has 3 nitrogen and oxygen atoms in total. The van der Waals surface area contributed by atoms with Crippen LogP contribution in [0.1, 0.15) is 22.9 Å². The monoisotopic (exact) mass is 281 g/mol. The van der Waals surface area contributed by atoms with Gasteiger partial charge >= 0.3 is 0 Å². The van der Waals surface area contributed by atoms with Crippen molar-refractivity contribution in [1.82, 2.24) is 15.3 Å². The topological polar surface area (TPSA) is 37.8 Å². The van der Waals surface area contributed by atoms with Gasteiger partial charge in [-0.3, -0.25) is 9.97 Å². The first-order chi connectivity index (χ1) is 8.63. The van der Waals surface area contributed by atoms with Gasteiger partial charge in [0, 0.05) is 18.6 Å². The van der Waals surface area contributed by atoms with Crippen LogP contribution in [-0.4, -0.2) is 17.0 Å². The fourth-order valence-corrected chi connectivity index (χ4v) is 2.34. The molecule has 5 heteroatoms. The number of nitrogens with zero attached hydrogens (tertiary/aromatic N) is 2. The van der Waals surface area contributed by atoms with Crippen molar-refractivity contribution in [2.75, 3.05) is 7.05 Å². The van der Waals surface area contributed by atoms with E-state index >= 15 is 0 Å². The van der Waals surface area contributed by atoms with Gasteiger partial charge in [0.15, 0.2) is 0 Å². The third-order valence-electron chi connectivity index (χ3n) is 2.79. The molecule has 1 N–H and O–H groups in total. The van der Waals surface area contributed by atoms with Gasteiger partial charge in [0.2, 0.25) is 0 Å². The van der Waals surface area contributed by atoms with Crippen molar-refractivity contribution in [3.05, 3.63) is 57.6 Å². The molecule has 0 aromatic carbocycles. The van der Waals surface area contributed by atoms with Crippen molar-refractivity contribution in [2.45, 2.75) is 13.0 Å². The summed E-state index contributed by atoms with van der Waals surface area (Å²) >= 11 is 12.1. The maximum Gasteiger partial charge on any atom is 0.0806 e. The molecule has 0 amide bonds. The Bertz CT molecular complexity index is 558. The van der Waals surface area contributed by atoms with E-state index in [-0.39, 0.29) is 6.04 Å². The lowest BCUT2D eigenvalue weighted by molar-refractivity contribution is 0.664. The van der Waals surface area contributed by atoms with Crippen LogP contribution in [0, 0.1) is 6.92 Å². The normalized spacial score (nSPS) is 12.4. The highest BCUT2D eigenvalue weighted by Gasteiger charge is 2.18. The Morgan fingerprint density at radius 1 is 1.28 bits per heavy atom. The average molecular weight is 282 g/mol. The smallest absolute Gasteiger partial charge is 0.0806 e. The molecule has 94 valence electrons. The fraction of sp³-hybridized carbons (Fsp3) is 0.231. The summed E-state index contributed by atoms with van der Waals surface area (Å²) in [6.45, 7) is 2.03. The van der Waals surface area contributed by atoms with E-state index in [1.165, 1.54) is 0 Å². The van der Waals surface area contributed by atoms with Crippen molar-refractivity contribution >= 4 is 23.2 Å². The Labute approximate surface area is 116 Å². The van der Waals surface area contributed by atoms with Crippen LogP contribution in [0.3, 0.4) is 0 Å². The number of nitrogens with one attached hydrogen (secondary N) is 1. The van der Waals surface area contributed by atoms with Gasteiger partial charge in [-0.25, -0.2) is 0 Å². The first-order valence-corrected chi connectivity index (χ1v) is 6.27. The summed E-state index contributed by atoms with van der Waals surface area (Å²) in [6, 6.07) is 3.56. The van der Waals surface area contributed by atoms with Gasteiger partial charge in [-0.05, 0) is 37.2 Å². The van der Waals surface area contributed by atoms with Gasteiger partial charge in [0.25, 0.3) is 0 Å². The second-order valence-electron chi connectivity index (χ2n) is 3.97. The summed E-state index contributed by atoms with van der Waals surface area (Å²) in [4.78, 5) is 8.46. The molecule has 18 heavy (non-hydrogen) atoms. The van der Waals surface area contributed by atoms with Crippen molar-refractivity contribution in [2.24, 2.45) is 0 Å². The van der Waals surface area contributed by atoms with Gasteiger partial charge in [0.05, 0.1) is 21.8 Å². The van der Waals surface area contributed by atoms with Gasteiger partial charge in [-0.1, -0.05) is 23.2 Å². The lowest BCUT2D eigenvalue weighted by Gasteiger charge is -2.19. The molecule has 0 saturated carbocycles. The molecule has 1 atom stereocenters. The summed E-state index contributed by atoms with van der Waals surface area (Å²) in [5.41, 5.74) is 2.94. The minimum absolute atomic E-state index is 0.0940. The predicted molar refractivity (Wildman–Crippen MR) is 74.1 cm³/mol. The lowest BCUT2D eigenvalue weighted by Crippen LogP contribution is -2.20. The summed E-state index contributed by atoms with van der Waals surface area (Å²) in [6.07, 6.45) is 5.18. The van der Waals surface area contributed by atoms with E-state index in [4.69, 9.17) is 23.2 Å². The van der Waals surface area contributed by atoms with Crippen LogP contribution in [0.25, 0.3) is 0 Å². The Morgan fingerprint density at radius 2 is 2.06 bits per heavy atom. The Balaban J connectivity index is 2.49. The summed E-state index contributed by atoms with van der Waals surface area (Å²) in [5.74, 6) is 0. The predicted octanol–water partition coefficient (Wildman–Crippen LogP) is 3.40. The molecule has 0 aliphatic carbocycles. The molecule has 2 aromatic rings. The standard InChI is InChI=1S/C13H13Cl2N3/c1-8-3-4-17-7-10(8)12(16-2)13-11(15)5-9(14)6-18-13/h3-7,12,16H,1-2H3. The number of rotatable bonds is 3. The van der Waals surface area contributed by atoms with Crippen molar-refractivity contribution in [1.29, 1.82) is 0 Å². The molecule has 2 heterocycles. The van der Waals surface area contributed by atoms with E-state index in [1.807, 2.05) is 26.2 Å². The zero-order valence-corrected chi connectivity index (χ0v) is 11.6. The molecular weight excluding hydrogens is 269 g/mol. The highest BCUT2D eigenvalue weighted by molar-refractivity contribution is 6.34. The van der Waals surface area contributed by atoms with Crippen LogP contribution in [0.5, 0.6) is 0 Å². The van der Waals surface area contributed by atoms with E-state index in [0.717, 1.165) is 16.8 Å². The lowest BCUT2D eigenvalue weighted by atomic mass is 10.0. The first kappa shape index (κ1) is 13.3. The largest absolute Gasteiger partial charge is 0.308 e.